The van der Waals surface area contributed by atoms with E-state index < -0.39 is 0 Å². The van der Waals surface area contributed by atoms with Gasteiger partial charge in [0.15, 0.2) is 0 Å². The average Bonchev–Trinajstić information content (AvgIpc) is 1.68. The molecule has 2 aliphatic rings. The van der Waals surface area contributed by atoms with Crippen molar-refractivity contribution < 1.29 is 0 Å². The van der Waals surface area contributed by atoms with Gasteiger partial charge in [-0.25, -0.2) is 0 Å². The van der Waals surface area contributed by atoms with Gasteiger partial charge in [0.1, 0.15) is 0 Å². The van der Waals surface area contributed by atoms with Crippen LogP contribution in [0.15, 0.2) is 218 Å². The summed E-state index contributed by atoms with van der Waals surface area (Å²) < 4.78 is 2.95. The van der Waals surface area contributed by atoms with Crippen LogP contribution < -0.4 is 30.0 Å². The molecule has 0 spiro atoms. The van der Waals surface area contributed by atoms with Gasteiger partial charge in [0.05, 0.1) is 0 Å². The fourth-order valence-corrected chi connectivity index (χ4v) is 16.4. The first kappa shape index (κ1) is 61.8. The number of hydrogen-bond donors (Lipinski definition) is 0. The molecule has 0 unspecified atom stereocenters. The number of rotatable bonds is 8. The molecule has 0 aliphatic carbocycles. The molecular weight excluding hydrogens is 1160 g/mol. The summed E-state index contributed by atoms with van der Waals surface area (Å²) in [5.41, 5.74) is 27.9. The summed E-state index contributed by atoms with van der Waals surface area (Å²) in [6, 6.07) is 84.7. The van der Waals surface area contributed by atoms with Crippen molar-refractivity contribution in [3.05, 3.63) is 252 Å². The number of fused-ring (bicyclic) bond motifs is 6. The Labute approximate surface area is 550 Å². The number of nitrogens with zero attached hydrogens (tertiary/aromatic N) is 3. The van der Waals surface area contributed by atoms with Gasteiger partial charge < -0.3 is 0 Å². The predicted octanol–water partition coefficient (Wildman–Crippen LogP) is 22.2. The van der Waals surface area contributed by atoms with E-state index in [-0.39, 0.29) is 53.7 Å². The van der Waals surface area contributed by atoms with Crippen LogP contribution in [0.25, 0.3) is 43.0 Å². The van der Waals surface area contributed by atoms with Gasteiger partial charge in [-0.15, -0.1) is 0 Å². The van der Waals surface area contributed by atoms with Crippen LogP contribution in [-0.2, 0) is 32.5 Å². The summed E-state index contributed by atoms with van der Waals surface area (Å²) in [4.78, 5) is 8.00. The Morgan fingerprint density at radius 3 is 1.27 bits per heavy atom. The fourth-order valence-electron chi connectivity index (χ4n) is 13.7. The Balaban J connectivity index is 1.21. The SMILES string of the molecule is CC(C)(C)c1ccc(N(c2ccc3c(c2)N(c2cc(C(C)(C)C)cc(C(C)(C)C)c2)c2cc(-c4ccccc4-c4ccccc4)cc4c2B3c2[se]c3ccc(C(C)(C)C)cc3c2N4c2cc(C(C)(C)C)cc(C(C)(C)C)c2)c2ccccc2-c2ccccc2)cc1. The maximum absolute atomic E-state index is 2.76. The minimum absolute atomic E-state index is 0.0130. The van der Waals surface area contributed by atoms with Crippen molar-refractivity contribution in [2.45, 2.75) is 157 Å². The zero-order chi connectivity index (χ0) is 64.5. The molecule has 0 fully saturated rings. The first-order valence-electron chi connectivity index (χ1n) is 32.9. The van der Waals surface area contributed by atoms with E-state index in [4.69, 9.17) is 0 Å². The minimum atomic E-state index is -0.143. The van der Waals surface area contributed by atoms with Crippen molar-refractivity contribution in [1.82, 2.24) is 0 Å². The Morgan fingerprint density at radius 1 is 0.330 bits per heavy atom. The van der Waals surface area contributed by atoms with Crippen molar-refractivity contribution in [3.63, 3.8) is 0 Å². The van der Waals surface area contributed by atoms with Crippen molar-refractivity contribution >= 4 is 97.3 Å². The Hall–Kier alpha value is -8.08. The molecule has 2 aliphatic heterocycles. The van der Waals surface area contributed by atoms with Crippen molar-refractivity contribution in [1.29, 1.82) is 0 Å². The van der Waals surface area contributed by atoms with E-state index in [1.165, 1.54) is 126 Å². The van der Waals surface area contributed by atoms with Crippen LogP contribution in [0, 0.1) is 0 Å². The molecule has 1 aromatic heterocycles. The van der Waals surface area contributed by atoms with Gasteiger partial charge in [-0.3, -0.25) is 0 Å². The van der Waals surface area contributed by atoms with Crippen LogP contribution in [0.5, 0.6) is 0 Å². The molecule has 0 saturated carbocycles. The molecule has 11 aromatic rings. The fraction of sp³-hybridized carbons (Fsp3) is 0.279. The number of para-hydroxylation sites is 1. The molecule has 0 bridgehead atoms. The molecule has 10 aromatic carbocycles. The van der Waals surface area contributed by atoms with Crippen molar-refractivity contribution in [2.24, 2.45) is 0 Å². The second-order valence-electron chi connectivity index (χ2n) is 32.0. The Bertz CT molecular complexity index is 4520. The van der Waals surface area contributed by atoms with E-state index in [2.05, 4.69) is 358 Å². The Morgan fingerprint density at radius 2 is 0.758 bits per heavy atom. The van der Waals surface area contributed by atoms with Gasteiger partial charge in [-0.1, -0.05) is 26.8 Å². The van der Waals surface area contributed by atoms with E-state index in [9.17, 15) is 0 Å². The molecule has 13 rings (SSSR count). The van der Waals surface area contributed by atoms with Gasteiger partial charge in [-0.05, 0) is 0 Å². The molecule has 3 heterocycles. The summed E-state index contributed by atoms with van der Waals surface area (Å²) >= 11 is -0.0227. The van der Waals surface area contributed by atoms with Crippen LogP contribution in [0.1, 0.15) is 158 Å². The van der Waals surface area contributed by atoms with Gasteiger partial charge in [-0.2, -0.15) is 0 Å². The van der Waals surface area contributed by atoms with E-state index in [0.717, 1.165) is 17.1 Å². The van der Waals surface area contributed by atoms with Crippen LogP contribution in [0.3, 0.4) is 0 Å². The third-order valence-corrected chi connectivity index (χ3v) is 21.7. The number of anilines is 9. The van der Waals surface area contributed by atoms with E-state index in [0.29, 0.717) is 0 Å². The molecule has 0 atom stereocenters. The average molecular weight is 1260 g/mol. The molecule has 458 valence electrons. The first-order valence-corrected chi connectivity index (χ1v) is 34.6. The summed E-state index contributed by atoms with van der Waals surface area (Å²) in [6.45, 7) is 42.5. The standard InChI is InChI=1S/C86H90BN3Se/c1-81(2,3)58-37-40-64(41-38-58)88(73-36-28-27-35-70(73)56-31-23-20-24-32-56)65-42-43-72-74(54-65)89(66-49-60(83(7,8)9)47-61(50-66)84(10,11)12)75-45-57(69-34-26-25-33-68(69)55-29-21-19-22-30-55)46-76-78(75)87(72)80-79(71-53-59(82(4,5)6)39-44-77(71)91-80)90(76)67-51-62(85(13,14)15)48-63(52-67)86(16,17)18/h19-54H,1-18H3. The number of hydrogen-bond acceptors (Lipinski definition) is 3. The van der Waals surface area contributed by atoms with E-state index in [1.54, 1.807) is 0 Å². The third-order valence-electron chi connectivity index (χ3n) is 19.1. The normalized spacial score (nSPS) is 13.5. The summed E-state index contributed by atoms with van der Waals surface area (Å²) in [7, 11) is 0. The molecule has 0 N–H and O–H groups in total. The van der Waals surface area contributed by atoms with Crippen molar-refractivity contribution in [2.75, 3.05) is 14.7 Å². The first-order chi connectivity index (χ1) is 42.9. The molecular formula is C86H90BN3Se. The van der Waals surface area contributed by atoms with Gasteiger partial charge in [0.2, 0.25) is 0 Å². The van der Waals surface area contributed by atoms with E-state index in [1.807, 2.05) is 0 Å². The van der Waals surface area contributed by atoms with Gasteiger partial charge in [0.25, 0.3) is 0 Å². The van der Waals surface area contributed by atoms with Gasteiger partial charge in [0, 0.05) is 0 Å². The zero-order valence-electron chi connectivity index (χ0n) is 57.1. The van der Waals surface area contributed by atoms with Crippen LogP contribution in [0.4, 0.5) is 51.2 Å². The Kier molecular flexibility index (Phi) is 15.2. The monoisotopic (exact) mass is 1260 g/mol. The molecule has 0 radical (unpaired) electrons. The van der Waals surface area contributed by atoms with Crippen molar-refractivity contribution in [3.8, 4) is 33.4 Å². The molecule has 5 heteroatoms. The van der Waals surface area contributed by atoms with Crippen LogP contribution >= 0.6 is 0 Å². The number of benzene rings is 10. The summed E-state index contributed by atoms with van der Waals surface area (Å²) in [5.74, 6) is 0. The molecule has 91 heavy (non-hydrogen) atoms. The molecule has 3 nitrogen and oxygen atoms in total. The van der Waals surface area contributed by atoms with Gasteiger partial charge >= 0.3 is 527 Å². The van der Waals surface area contributed by atoms with Crippen LogP contribution in [-0.4, -0.2) is 21.2 Å². The predicted molar refractivity (Wildman–Crippen MR) is 398 cm³/mol. The molecule has 0 amide bonds. The van der Waals surface area contributed by atoms with Crippen LogP contribution in [0.2, 0.25) is 0 Å². The molecule has 0 saturated heterocycles. The van der Waals surface area contributed by atoms with E-state index >= 15 is 0 Å². The topological polar surface area (TPSA) is 9.72 Å². The quantitative estimate of drug-likeness (QED) is 0.140. The summed E-state index contributed by atoms with van der Waals surface area (Å²) in [5, 5.41) is 1.36. The second kappa shape index (κ2) is 22.4. The third kappa shape index (κ3) is 11.4. The second-order valence-corrected chi connectivity index (χ2v) is 34.3. The maximum atomic E-state index is 2.76. The zero-order valence-corrected chi connectivity index (χ0v) is 58.8. The summed E-state index contributed by atoms with van der Waals surface area (Å²) in [6.07, 6.45) is 0.